The van der Waals surface area contributed by atoms with Gasteiger partial charge in [0.2, 0.25) is 0 Å². The number of ether oxygens (including phenoxy) is 1. The molecule has 2 aliphatic rings. The molecule has 0 radical (unpaired) electrons. The van der Waals surface area contributed by atoms with Crippen molar-refractivity contribution in [2.75, 3.05) is 18.0 Å². The first-order valence-corrected chi connectivity index (χ1v) is 7.61. The molecule has 3 heterocycles. The van der Waals surface area contributed by atoms with Gasteiger partial charge in [0.1, 0.15) is 0 Å². The number of morpholine rings is 1. The van der Waals surface area contributed by atoms with Crippen molar-refractivity contribution < 1.29 is 4.74 Å². The summed E-state index contributed by atoms with van der Waals surface area (Å²) in [7, 11) is 0. The first-order chi connectivity index (χ1) is 8.70. The third-order valence-corrected chi connectivity index (χ3v) is 4.60. The number of nitrogens with one attached hydrogen (secondary N) is 1. The van der Waals surface area contributed by atoms with E-state index in [1.54, 1.807) is 0 Å². The summed E-state index contributed by atoms with van der Waals surface area (Å²) in [4.78, 5) is 8.28. The van der Waals surface area contributed by atoms with Crippen molar-refractivity contribution >= 4 is 16.5 Å². The molecule has 1 N–H and O–H groups in total. The fraction of sp³-hybridized carbons (Fsp3) is 0.769. The number of fused-ring (bicyclic) bond motifs is 2. The number of hydrogen-bond donors (Lipinski definition) is 1. The van der Waals surface area contributed by atoms with Gasteiger partial charge in [-0.15, -0.1) is 11.3 Å². The van der Waals surface area contributed by atoms with Gasteiger partial charge in [-0.25, -0.2) is 4.98 Å². The summed E-state index contributed by atoms with van der Waals surface area (Å²) >= 11 is 1.81. The Hall–Kier alpha value is -0.650. The van der Waals surface area contributed by atoms with Crippen LogP contribution in [0.25, 0.3) is 0 Å². The zero-order valence-corrected chi connectivity index (χ0v) is 11.9. The monoisotopic (exact) mass is 267 g/mol. The van der Waals surface area contributed by atoms with Crippen molar-refractivity contribution in [3.8, 4) is 0 Å². The number of thiazole rings is 1. The molecule has 1 aromatic rings. The van der Waals surface area contributed by atoms with Crippen LogP contribution in [0.2, 0.25) is 0 Å². The van der Waals surface area contributed by atoms with Gasteiger partial charge in [0, 0.05) is 36.8 Å². The largest absolute Gasteiger partial charge is 0.371 e. The summed E-state index contributed by atoms with van der Waals surface area (Å²) in [5.41, 5.74) is 0. The van der Waals surface area contributed by atoms with E-state index in [4.69, 9.17) is 4.74 Å². The molecule has 0 spiro atoms. The Bertz CT molecular complexity index is 395. The fourth-order valence-corrected chi connectivity index (χ4v) is 3.48. The van der Waals surface area contributed by atoms with Gasteiger partial charge in [-0.1, -0.05) is 13.8 Å². The van der Waals surface area contributed by atoms with E-state index in [-0.39, 0.29) is 0 Å². The molecule has 2 bridgehead atoms. The molecule has 2 fully saturated rings. The van der Waals surface area contributed by atoms with Crippen LogP contribution in [0, 0.1) is 0 Å². The Labute approximate surface area is 112 Å². The van der Waals surface area contributed by atoms with E-state index in [1.807, 2.05) is 17.5 Å². The number of rotatable bonds is 4. The van der Waals surface area contributed by atoms with Gasteiger partial charge in [-0.05, 0) is 12.8 Å². The third kappa shape index (κ3) is 2.68. The number of anilines is 1. The van der Waals surface area contributed by atoms with Crippen LogP contribution < -0.4 is 10.2 Å². The second-order valence-electron chi connectivity index (χ2n) is 5.51. The Morgan fingerprint density at radius 3 is 2.83 bits per heavy atom. The van der Waals surface area contributed by atoms with Crippen LogP contribution in [0.3, 0.4) is 0 Å². The third-order valence-electron chi connectivity index (χ3n) is 3.54. The van der Waals surface area contributed by atoms with E-state index in [0.29, 0.717) is 18.2 Å². The van der Waals surface area contributed by atoms with Gasteiger partial charge in [0.25, 0.3) is 0 Å². The van der Waals surface area contributed by atoms with Crippen LogP contribution in [0.5, 0.6) is 0 Å². The molecule has 4 nitrogen and oxygen atoms in total. The van der Waals surface area contributed by atoms with Gasteiger partial charge in [-0.2, -0.15) is 0 Å². The molecule has 2 aliphatic heterocycles. The lowest BCUT2D eigenvalue weighted by Gasteiger charge is -2.31. The van der Waals surface area contributed by atoms with Crippen molar-refractivity contribution in [3.63, 3.8) is 0 Å². The summed E-state index contributed by atoms with van der Waals surface area (Å²) in [5, 5.41) is 4.60. The summed E-state index contributed by atoms with van der Waals surface area (Å²) in [6.45, 7) is 7.29. The summed E-state index contributed by atoms with van der Waals surface area (Å²) in [5.74, 6) is 0. The first kappa shape index (κ1) is 12.4. The molecule has 0 aliphatic carbocycles. The van der Waals surface area contributed by atoms with Gasteiger partial charge >= 0.3 is 0 Å². The Morgan fingerprint density at radius 1 is 1.44 bits per heavy atom. The molecule has 18 heavy (non-hydrogen) atoms. The summed E-state index contributed by atoms with van der Waals surface area (Å²) < 4.78 is 5.86. The molecule has 5 heteroatoms. The van der Waals surface area contributed by atoms with Crippen LogP contribution in [-0.2, 0) is 11.3 Å². The zero-order chi connectivity index (χ0) is 12.5. The standard InChI is InChI=1S/C13H21N3OS/c1-9(2)14-5-12-6-15-13(18-12)16-7-10-3-4-11(8-16)17-10/h6,9-11,14H,3-5,7-8H2,1-2H3. The molecule has 1 aromatic heterocycles. The minimum Gasteiger partial charge on any atom is -0.371 e. The van der Waals surface area contributed by atoms with Crippen molar-refractivity contribution in [2.24, 2.45) is 0 Å². The van der Waals surface area contributed by atoms with Crippen molar-refractivity contribution in [2.45, 2.75) is 51.5 Å². The van der Waals surface area contributed by atoms with Crippen LogP contribution >= 0.6 is 11.3 Å². The lowest BCUT2D eigenvalue weighted by molar-refractivity contribution is 0.0305. The summed E-state index contributed by atoms with van der Waals surface area (Å²) in [6, 6.07) is 0.523. The quantitative estimate of drug-likeness (QED) is 0.905. The van der Waals surface area contributed by atoms with E-state index in [0.717, 1.165) is 24.8 Å². The maximum Gasteiger partial charge on any atom is 0.185 e. The fourth-order valence-electron chi connectivity index (χ4n) is 2.60. The molecule has 2 atom stereocenters. The average molecular weight is 267 g/mol. The molecule has 2 unspecified atom stereocenters. The maximum absolute atomic E-state index is 5.86. The molecular weight excluding hydrogens is 246 g/mol. The van der Waals surface area contributed by atoms with Crippen molar-refractivity contribution in [1.82, 2.24) is 10.3 Å². The van der Waals surface area contributed by atoms with E-state index in [2.05, 4.69) is 29.0 Å². The van der Waals surface area contributed by atoms with E-state index in [9.17, 15) is 0 Å². The lowest BCUT2D eigenvalue weighted by atomic mass is 10.2. The van der Waals surface area contributed by atoms with Crippen LogP contribution in [0.15, 0.2) is 6.20 Å². The molecule has 2 saturated heterocycles. The van der Waals surface area contributed by atoms with Crippen LogP contribution in [0.1, 0.15) is 31.6 Å². The Balaban J connectivity index is 1.62. The van der Waals surface area contributed by atoms with Crippen molar-refractivity contribution in [1.29, 1.82) is 0 Å². The number of aromatic nitrogens is 1. The van der Waals surface area contributed by atoms with Gasteiger partial charge in [-0.3, -0.25) is 0 Å². The molecule has 3 rings (SSSR count). The van der Waals surface area contributed by atoms with E-state index < -0.39 is 0 Å². The lowest BCUT2D eigenvalue weighted by Crippen LogP contribution is -2.42. The zero-order valence-electron chi connectivity index (χ0n) is 11.1. The first-order valence-electron chi connectivity index (χ1n) is 6.79. The summed E-state index contributed by atoms with van der Waals surface area (Å²) in [6.07, 6.45) is 5.31. The van der Waals surface area contributed by atoms with Crippen LogP contribution in [0.4, 0.5) is 5.13 Å². The average Bonchev–Trinajstić information content (AvgIpc) is 2.94. The second kappa shape index (κ2) is 5.15. The molecular formula is C13H21N3OS. The number of hydrogen-bond acceptors (Lipinski definition) is 5. The predicted octanol–water partition coefficient (Wildman–Crippen LogP) is 2.01. The van der Waals surface area contributed by atoms with Crippen LogP contribution in [-0.4, -0.2) is 36.3 Å². The highest BCUT2D eigenvalue weighted by molar-refractivity contribution is 7.15. The van der Waals surface area contributed by atoms with Gasteiger partial charge < -0.3 is 15.0 Å². The minimum atomic E-state index is 0.435. The molecule has 100 valence electrons. The SMILES string of the molecule is CC(C)NCc1cnc(N2CC3CCC(C2)O3)s1. The highest BCUT2D eigenvalue weighted by Gasteiger charge is 2.34. The number of nitrogens with zero attached hydrogens (tertiary/aromatic N) is 2. The minimum absolute atomic E-state index is 0.435. The Kier molecular flexibility index (Phi) is 3.54. The highest BCUT2D eigenvalue weighted by atomic mass is 32.1. The molecule has 0 aromatic carbocycles. The predicted molar refractivity (Wildman–Crippen MR) is 74.2 cm³/mol. The maximum atomic E-state index is 5.86. The normalized spacial score (nSPS) is 27.2. The van der Waals surface area contributed by atoms with E-state index in [1.165, 1.54) is 17.7 Å². The second-order valence-corrected chi connectivity index (χ2v) is 6.60. The topological polar surface area (TPSA) is 37.4 Å². The highest BCUT2D eigenvalue weighted by Crippen LogP contribution is 2.31. The molecule has 0 saturated carbocycles. The Morgan fingerprint density at radius 2 is 2.17 bits per heavy atom. The van der Waals surface area contributed by atoms with Crippen molar-refractivity contribution in [3.05, 3.63) is 11.1 Å². The molecule has 0 amide bonds. The van der Waals surface area contributed by atoms with Gasteiger partial charge in [0.15, 0.2) is 5.13 Å². The van der Waals surface area contributed by atoms with Gasteiger partial charge in [0.05, 0.1) is 12.2 Å². The van der Waals surface area contributed by atoms with E-state index >= 15 is 0 Å². The smallest absolute Gasteiger partial charge is 0.185 e.